The van der Waals surface area contributed by atoms with E-state index in [2.05, 4.69) is 10.3 Å². The van der Waals surface area contributed by atoms with Gasteiger partial charge in [0.2, 0.25) is 0 Å². The van der Waals surface area contributed by atoms with Gasteiger partial charge in [-0.15, -0.1) is 11.3 Å². The van der Waals surface area contributed by atoms with Gasteiger partial charge >= 0.3 is 12.5 Å². The van der Waals surface area contributed by atoms with Crippen LogP contribution in [-0.2, 0) is 9.53 Å². The lowest BCUT2D eigenvalue weighted by molar-refractivity contribution is -0.148. The Kier molecular flexibility index (Phi) is 5.50. The third-order valence-corrected chi connectivity index (χ3v) is 4.85. The second kappa shape index (κ2) is 7.83. The molecule has 2 heterocycles. The van der Waals surface area contributed by atoms with Gasteiger partial charge in [-0.3, -0.25) is 14.2 Å². The van der Waals surface area contributed by atoms with Crippen molar-refractivity contribution in [2.24, 2.45) is 0 Å². The van der Waals surface area contributed by atoms with Gasteiger partial charge in [0.25, 0.3) is 5.91 Å². The number of alkyl halides is 2. The van der Waals surface area contributed by atoms with Crippen molar-refractivity contribution in [3.63, 3.8) is 0 Å². The molecule has 27 heavy (non-hydrogen) atoms. The molecule has 6 nitrogen and oxygen atoms in total. The summed E-state index contributed by atoms with van der Waals surface area (Å²) in [4.78, 5) is 29.6. The Labute approximate surface area is 157 Å². The number of thiophene rings is 1. The molecule has 0 fully saturated rings. The van der Waals surface area contributed by atoms with E-state index in [1.54, 1.807) is 30.3 Å². The summed E-state index contributed by atoms with van der Waals surface area (Å²) in [6, 6.07) is 9.91. The van der Waals surface area contributed by atoms with Crippen molar-refractivity contribution >= 4 is 34.2 Å². The first-order chi connectivity index (χ1) is 12.9. The molecule has 2 aromatic heterocycles. The number of aryl methyl sites for hydroxylation is 1. The van der Waals surface area contributed by atoms with E-state index in [4.69, 9.17) is 4.74 Å². The molecular weight excluding hydrogens is 376 g/mol. The Morgan fingerprint density at radius 2 is 2.00 bits per heavy atom. The molecule has 0 saturated carbocycles. The van der Waals surface area contributed by atoms with Crippen LogP contribution in [0.5, 0.6) is 0 Å². The molecule has 0 aliphatic rings. The number of ether oxygens (including phenoxy) is 1. The molecule has 142 valence electrons. The molecule has 0 aliphatic heterocycles. The number of amides is 1. The fourth-order valence-corrected chi connectivity index (χ4v) is 3.43. The van der Waals surface area contributed by atoms with Crippen LogP contribution in [0.1, 0.15) is 40.0 Å². The molecule has 3 rings (SSSR count). The highest BCUT2D eigenvalue weighted by atomic mass is 32.1. The molecular formula is C18H17F2N3O3S. The smallest absolute Gasteiger partial charge is 0.326 e. The largest absolute Gasteiger partial charge is 0.453 e. The van der Waals surface area contributed by atoms with E-state index >= 15 is 0 Å². The van der Waals surface area contributed by atoms with Crippen molar-refractivity contribution in [3.05, 3.63) is 52.0 Å². The molecule has 0 spiro atoms. The SMILES string of the molecule is Cc1ccc(C(=O)NCC(=O)OC(C)c2nc3ccccc3n2C(F)F)s1. The van der Waals surface area contributed by atoms with Crippen molar-refractivity contribution in [3.8, 4) is 0 Å². The molecule has 1 N–H and O–H groups in total. The number of imidazole rings is 1. The first kappa shape index (κ1) is 19.0. The fraction of sp³-hybridized carbons (Fsp3) is 0.278. The van der Waals surface area contributed by atoms with Gasteiger partial charge in [-0.05, 0) is 38.1 Å². The molecule has 1 aromatic carbocycles. The van der Waals surface area contributed by atoms with E-state index in [1.165, 1.54) is 24.3 Å². The Morgan fingerprint density at radius 1 is 1.26 bits per heavy atom. The lowest BCUT2D eigenvalue weighted by Crippen LogP contribution is -2.30. The van der Waals surface area contributed by atoms with Crippen LogP contribution in [0.2, 0.25) is 0 Å². The number of benzene rings is 1. The van der Waals surface area contributed by atoms with Crippen LogP contribution in [-0.4, -0.2) is 28.0 Å². The number of carbonyl (C=O) groups excluding carboxylic acids is 2. The Bertz CT molecular complexity index is 983. The Hall–Kier alpha value is -2.81. The van der Waals surface area contributed by atoms with Gasteiger partial charge in [0.15, 0.2) is 11.9 Å². The molecule has 9 heteroatoms. The lowest BCUT2D eigenvalue weighted by atomic mass is 10.3. The number of aromatic nitrogens is 2. The second-order valence-electron chi connectivity index (χ2n) is 5.83. The standard InChI is InChI=1S/C18H17F2N3O3S/c1-10-7-8-14(27-10)17(25)21-9-15(24)26-11(2)16-22-12-5-3-4-6-13(12)23(16)18(19)20/h3-8,11,18H,9H2,1-2H3,(H,21,25). The molecule has 0 radical (unpaired) electrons. The zero-order chi connectivity index (χ0) is 19.6. The van der Waals surface area contributed by atoms with Gasteiger partial charge in [-0.1, -0.05) is 12.1 Å². The van der Waals surface area contributed by atoms with Crippen LogP contribution in [0.4, 0.5) is 8.78 Å². The van der Waals surface area contributed by atoms with Gasteiger partial charge in [-0.25, -0.2) is 4.98 Å². The summed E-state index contributed by atoms with van der Waals surface area (Å²) >= 11 is 1.30. The monoisotopic (exact) mass is 393 g/mol. The normalized spacial score (nSPS) is 12.3. The second-order valence-corrected chi connectivity index (χ2v) is 7.12. The summed E-state index contributed by atoms with van der Waals surface area (Å²) in [7, 11) is 0. The number of fused-ring (bicyclic) bond motifs is 1. The quantitative estimate of drug-likeness (QED) is 0.646. The molecule has 0 aliphatic carbocycles. The summed E-state index contributed by atoms with van der Waals surface area (Å²) in [5.41, 5.74) is 0.642. The van der Waals surface area contributed by atoms with E-state index in [0.717, 1.165) is 9.44 Å². The summed E-state index contributed by atoms with van der Waals surface area (Å²) in [5.74, 6) is -1.19. The Balaban J connectivity index is 1.67. The minimum Gasteiger partial charge on any atom is -0.453 e. The molecule has 1 amide bonds. The molecule has 0 saturated heterocycles. The molecule has 1 unspecified atom stereocenters. The van der Waals surface area contributed by atoms with E-state index < -0.39 is 24.5 Å². The van der Waals surface area contributed by atoms with E-state index in [1.807, 2.05) is 6.92 Å². The van der Waals surface area contributed by atoms with E-state index in [-0.39, 0.29) is 17.9 Å². The third kappa shape index (κ3) is 4.13. The van der Waals surface area contributed by atoms with Crippen LogP contribution < -0.4 is 5.32 Å². The number of para-hydroxylation sites is 2. The average molecular weight is 393 g/mol. The van der Waals surface area contributed by atoms with Crippen molar-refractivity contribution < 1.29 is 23.1 Å². The highest BCUT2D eigenvalue weighted by molar-refractivity contribution is 7.13. The van der Waals surface area contributed by atoms with Gasteiger partial charge < -0.3 is 10.1 Å². The maximum absolute atomic E-state index is 13.5. The zero-order valence-corrected chi connectivity index (χ0v) is 15.4. The highest BCUT2D eigenvalue weighted by Gasteiger charge is 2.24. The number of hydrogen-bond donors (Lipinski definition) is 1. The summed E-state index contributed by atoms with van der Waals surface area (Å²) < 4.78 is 32.8. The average Bonchev–Trinajstić information content (AvgIpc) is 3.23. The summed E-state index contributed by atoms with van der Waals surface area (Å²) in [6.45, 7) is 0.138. The number of hydrogen-bond acceptors (Lipinski definition) is 5. The highest BCUT2D eigenvalue weighted by Crippen LogP contribution is 2.28. The Morgan fingerprint density at radius 3 is 2.67 bits per heavy atom. The van der Waals surface area contributed by atoms with Crippen molar-refractivity contribution in [1.82, 2.24) is 14.9 Å². The predicted molar refractivity (Wildman–Crippen MR) is 96.9 cm³/mol. The maximum Gasteiger partial charge on any atom is 0.326 e. The van der Waals surface area contributed by atoms with Crippen molar-refractivity contribution in [2.45, 2.75) is 26.5 Å². The fourth-order valence-electron chi connectivity index (χ4n) is 2.64. The first-order valence-electron chi connectivity index (χ1n) is 8.16. The maximum atomic E-state index is 13.5. The van der Waals surface area contributed by atoms with Gasteiger partial charge in [0.1, 0.15) is 6.54 Å². The van der Waals surface area contributed by atoms with Crippen LogP contribution in [0.15, 0.2) is 36.4 Å². The number of esters is 1. The number of carbonyl (C=O) groups is 2. The first-order valence-corrected chi connectivity index (χ1v) is 8.97. The molecule has 3 aromatic rings. The van der Waals surface area contributed by atoms with Crippen molar-refractivity contribution in [2.75, 3.05) is 6.54 Å². The van der Waals surface area contributed by atoms with Crippen LogP contribution in [0.25, 0.3) is 11.0 Å². The van der Waals surface area contributed by atoms with Gasteiger partial charge in [0, 0.05) is 4.88 Å². The number of nitrogens with one attached hydrogen (secondary N) is 1. The van der Waals surface area contributed by atoms with Gasteiger partial charge in [-0.2, -0.15) is 8.78 Å². The predicted octanol–water partition coefficient (Wildman–Crippen LogP) is 3.84. The number of halogens is 2. The lowest BCUT2D eigenvalue weighted by Gasteiger charge is -2.15. The topological polar surface area (TPSA) is 73.2 Å². The number of rotatable bonds is 6. The summed E-state index contributed by atoms with van der Waals surface area (Å²) in [6.07, 6.45) is -1.00. The van der Waals surface area contributed by atoms with Crippen LogP contribution in [0.3, 0.4) is 0 Å². The van der Waals surface area contributed by atoms with Crippen LogP contribution in [0, 0.1) is 6.92 Å². The minimum absolute atomic E-state index is 0.0558. The third-order valence-electron chi connectivity index (χ3n) is 3.85. The minimum atomic E-state index is -2.82. The molecule has 1 atom stereocenters. The zero-order valence-electron chi connectivity index (χ0n) is 14.6. The summed E-state index contributed by atoms with van der Waals surface area (Å²) in [5, 5.41) is 2.45. The van der Waals surface area contributed by atoms with E-state index in [9.17, 15) is 18.4 Å². The van der Waals surface area contributed by atoms with Crippen LogP contribution >= 0.6 is 11.3 Å². The van der Waals surface area contributed by atoms with E-state index in [0.29, 0.717) is 10.4 Å². The van der Waals surface area contributed by atoms with Crippen molar-refractivity contribution in [1.29, 1.82) is 0 Å². The number of nitrogens with zero attached hydrogens (tertiary/aromatic N) is 2. The van der Waals surface area contributed by atoms with Gasteiger partial charge in [0.05, 0.1) is 15.9 Å². The molecule has 0 bridgehead atoms.